The molecule has 0 aliphatic heterocycles. The summed E-state index contributed by atoms with van der Waals surface area (Å²) >= 11 is 0. The van der Waals surface area contributed by atoms with Gasteiger partial charge >= 0.3 is 0 Å². The highest BCUT2D eigenvalue weighted by atomic mass is 15.2. The average Bonchev–Trinajstić information content (AvgIpc) is 3.09. The number of hydrogen-bond donors (Lipinski definition) is 2. The van der Waals surface area contributed by atoms with Crippen LogP contribution in [0.15, 0.2) is 54.1 Å². The number of nitrogens with one attached hydrogen (secondary N) is 2. The highest BCUT2D eigenvalue weighted by molar-refractivity contribution is 6.01. The molecule has 1 heterocycles. The molecule has 0 amide bonds. The van der Waals surface area contributed by atoms with Crippen LogP contribution in [-0.4, -0.2) is 27.1 Å². The quantitative estimate of drug-likeness (QED) is 0.558. The van der Waals surface area contributed by atoms with Crippen molar-refractivity contribution >= 4 is 23.1 Å². The van der Waals surface area contributed by atoms with Gasteiger partial charge in [-0.25, -0.2) is 9.98 Å². The van der Waals surface area contributed by atoms with Gasteiger partial charge in [0.1, 0.15) is 18.0 Å². The zero-order valence-electron chi connectivity index (χ0n) is 16.8. The normalized spacial score (nSPS) is 12.4. The van der Waals surface area contributed by atoms with Gasteiger partial charge in [-0.15, -0.1) is 0 Å². The summed E-state index contributed by atoms with van der Waals surface area (Å²) in [6, 6.07) is 5.70. The molecule has 0 aliphatic carbocycles. The Bertz CT molecular complexity index is 809. The summed E-state index contributed by atoms with van der Waals surface area (Å²) < 4.78 is 1.89. The minimum atomic E-state index is -0.0397. The van der Waals surface area contributed by atoms with Gasteiger partial charge in [-0.05, 0) is 57.0 Å². The fourth-order valence-corrected chi connectivity index (χ4v) is 2.22. The van der Waals surface area contributed by atoms with Crippen LogP contribution in [0, 0.1) is 5.41 Å². The van der Waals surface area contributed by atoms with E-state index >= 15 is 0 Å². The summed E-state index contributed by atoms with van der Waals surface area (Å²) in [4.78, 5) is 9.11. The molecule has 0 radical (unpaired) electrons. The van der Waals surface area contributed by atoms with Gasteiger partial charge < -0.3 is 10.7 Å². The Morgan fingerprint density at radius 3 is 2.62 bits per heavy atom. The Hall–Kier alpha value is -2.69. The molecule has 0 unspecified atom stereocenters. The van der Waals surface area contributed by atoms with E-state index in [4.69, 9.17) is 10.4 Å². The second-order valence-electron chi connectivity index (χ2n) is 6.22. The van der Waals surface area contributed by atoms with Crippen molar-refractivity contribution in [1.82, 2.24) is 14.9 Å². The molecule has 0 saturated heterocycles. The number of benzene rings is 1. The van der Waals surface area contributed by atoms with Gasteiger partial charge in [0.25, 0.3) is 0 Å². The van der Waals surface area contributed by atoms with Crippen LogP contribution in [0.25, 0.3) is 11.0 Å². The lowest BCUT2D eigenvalue weighted by Crippen LogP contribution is -2.37. The van der Waals surface area contributed by atoms with Crippen molar-refractivity contribution in [3.63, 3.8) is 0 Å². The topological polar surface area (TPSA) is 66.1 Å². The number of allylic oxidation sites excluding steroid dienone is 2. The minimum absolute atomic E-state index is 0.0397. The van der Waals surface area contributed by atoms with Crippen LogP contribution in [0.3, 0.4) is 0 Å². The van der Waals surface area contributed by atoms with Crippen molar-refractivity contribution < 1.29 is 0 Å². The van der Waals surface area contributed by atoms with Gasteiger partial charge in [-0.2, -0.15) is 0 Å². The molecule has 0 fully saturated rings. The third kappa shape index (κ3) is 5.15. The molecular formula is C21H31N5. The molecule has 2 aromatic rings. The Balaban J connectivity index is 0.00000163. The second kappa shape index (κ2) is 9.70. The van der Waals surface area contributed by atoms with Crippen LogP contribution in [-0.2, 0) is 0 Å². The Labute approximate surface area is 157 Å². The number of imidazole rings is 1. The lowest BCUT2D eigenvalue weighted by molar-refractivity contribution is 0.412. The standard InChI is InChI=1S/C19H25N5.C2H6/c1-6-17(23-19(4,5)8-3)22-18(7-2)24-13-21-15-10-9-14(12-20)11-16(15)24;1-2/h6-7,9-13,20,23H,2,8H2,1,3-5H3;1-2H3/b17-6+,20-12?,22-18+;. The molecule has 1 aromatic carbocycles. The van der Waals surface area contributed by atoms with E-state index in [0.29, 0.717) is 5.84 Å². The summed E-state index contributed by atoms with van der Waals surface area (Å²) in [6.45, 7) is 16.3. The first-order valence-corrected chi connectivity index (χ1v) is 9.07. The van der Waals surface area contributed by atoms with E-state index in [1.807, 2.05) is 49.6 Å². The summed E-state index contributed by atoms with van der Waals surface area (Å²) in [6.07, 6.45) is 7.70. The molecule has 5 nitrogen and oxygen atoms in total. The number of aliphatic imine (C=N–C) groups is 1. The summed E-state index contributed by atoms with van der Waals surface area (Å²) in [7, 11) is 0. The van der Waals surface area contributed by atoms with Gasteiger partial charge in [0.2, 0.25) is 0 Å². The van der Waals surface area contributed by atoms with E-state index in [9.17, 15) is 0 Å². The predicted octanol–water partition coefficient (Wildman–Crippen LogP) is 5.13. The maximum atomic E-state index is 7.43. The van der Waals surface area contributed by atoms with Gasteiger partial charge in [0, 0.05) is 11.8 Å². The SMILES string of the molecule is C=C/C(=N\C(=C/C)NC(C)(C)CC)n1cnc2ccc(C=N)cc21.CC. The predicted molar refractivity (Wildman–Crippen MR) is 113 cm³/mol. The molecule has 2 N–H and O–H groups in total. The van der Waals surface area contributed by atoms with Crippen LogP contribution in [0.2, 0.25) is 0 Å². The molecule has 5 heteroatoms. The van der Waals surface area contributed by atoms with Crippen LogP contribution in [0.1, 0.15) is 53.5 Å². The first-order chi connectivity index (χ1) is 12.4. The maximum absolute atomic E-state index is 7.43. The highest BCUT2D eigenvalue weighted by Gasteiger charge is 2.15. The van der Waals surface area contributed by atoms with E-state index in [1.165, 1.54) is 6.21 Å². The van der Waals surface area contributed by atoms with Crippen molar-refractivity contribution in [3.05, 3.63) is 54.6 Å². The van der Waals surface area contributed by atoms with Gasteiger partial charge in [0.15, 0.2) is 0 Å². The molecule has 0 saturated carbocycles. The summed E-state index contributed by atoms with van der Waals surface area (Å²) in [5.41, 5.74) is 2.55. The van der Waals surface area contributed by atoms with Crippen LogP contribution < -0.4 is 5.32 Å². The third-order valence-electron chi connectivity index (χ3n) is 4.03. The number of aromatic nitrogens is 2. The van der Waals surface area contributed by atoms with E-state index in [2.05, 4.69) is 37.7 Å². The fourth-order valence-electron chi connectivity index (χ4n) is 2.22. The zero-order valence-corrected chi connectivity index (χ0v) is 16.8. The molecular weight excluding hydrogens is 322 g/mol. The number of rotatable bonds is 6. The van der Waals surface area contributed by atoms with Crippen LogP contribution in [0.4, 0.5) is 0 Å². The molecule has 0 atom stereocenters. The van der Waals surface area contributed by atoms with Crippen LogP contribution in [0.5, 0.6) is 0 Å². The average molecular weight is 354 g/mol. The van der Waals surface area contributed by atoms with Crippen molar-refractivity contribution in [1.29, 1.82) is 5.41 Å². The third-order valence-corrected chi connectivity index (χ3v) is 4.03. The molecule has 0 spiro atoms. The van der Waals surface area contributed by atoms with E-state index in [-0.39, 0.29) is 5.54 Å². The highest BCUT2D eigenvalue weighted by Crippen LogP contribution is 2.16. The van der Waals surface area contributed by atoms with Crippen molar-refractivity contribution in [3.8, 4) is 0 Å². The molecule has 1 aromatic heterocycles. The van der Waals surface area contributed by atoms with Crippen LogP contribution >= 0.6 is 0 Å². The first kappa shape index (κ1) is 21.4. The molecule has 0 aliphatic rings. The monoisotopic (exact) mass is 353 g/mol. The van der Waals surface area contributed by atoms with Gasteiger partial charge in [-0.1, -0.05) is 33.4 Å². The van der Waals surface area contributed by atoms with Crippen molar-refractivity contribution in [2.45, 2.75) is 53.5 Å². The van der Waals surface area contributed by atoms with Gasteiger partial charge in [-0.3, -0.25) is 4.57 Å². The maximum Gasteiger partial charge on any atom is 0.140 e. The largest absolute Gasteiger partial charge is 0.365 e. The minimum Gasteiger partial charge on any atom is -0.365 e. The number of fused-ring (bicyclic) bond motifs is 1. The first-order valence-electron chi connectivity index (χ1n) is 9.07. The van der Waals surface area contributed by atoms with E-state index in [1.54, 1.807) is 12.4 Å². The summed E-state index contributed by atoms with van der Waals surface area (Å²) in [5, 5.41) is 10.9. The van der Waals surface area contributed by atoms with Gasteiger partial charge in [0.05, 0.1) is 11.0 Å². The number of hydrogen-bond acceptors (Lipinski definition) is 4. The summed E-state index contributed by atoms with van der Waals surface area (Å²) in [5.74, 6) is 1.48. The van der Waals surface area contributed by atoms with Crippen molar-refractivity contribution in [2.24, 2.45) is 4.99 Å². The Kier molecular flexibility index (Phi) is 7.97. The lowest BCUT2D eigenvalue weighted by Gasteiger charge is -2.26. The molecule has 140 valence electrons. The number of nitrogens with zero attached hydrogens (tertiary/aromatic N) is 3. The molecule has 26 heavy (non-hydrogen) atoms. The van der Waals surface area contributed by atoms with Crippen molar-refractivity contribution in [2.75, 3.05) is 0 Å². The van der Waals surface area contributed by atoms with E-state index < -0.39 is 0 Å². The fraction of sp³-hybridized carbons (Fsp3) is 0.381. The Morgan fingerprint density at radius 1 is 1.38 bits per heavy atom. The Morgan fingerprint density at radius 2 is 2.08 bits per heavy atom. The molecule has 2 rings (SSSR count). The lowest BCUT2D eigenvalue weighted by atomic mass is 10.0. The second-order valence-corrected chi connectivity index (χ2v) is 6.22. The van der Waals surface area contributed by atoms with E-state index in [0.717, 1.165) is 28.8 Å². The zero-order chi connectivity index (χ0) is 19.7. The molecule has 0 bridgehead atoms. The smallest absolute Gasteiger partial charge is 0.140 e.